The minimum Gasteiger partial charge on any atom is -0.469 e. The molecule has 4 atom stereocenters. The van der Waals surface area contributed by atoms with Gasteiger partial charge in [-0.25, -0.2) is 0 Å². The summed E-state index contributed by atoms with van der Waals surface area (Å²) in [5, 5.41) is 0.782. The van der Waals surface area contributed by atoms with Gasteiger partial charge in [0.05, 0.1) is 13.0 Å². The average Bonchev–Trinajstić information content (AvgIpc) is 2.72. The van der Waals surface area contributed by atoms with Gasteiger partial charge in [-0.15, -0.1) is 0 Å². The third-order valence-electron chi connectivity index (χ3n) is 5.35. The Hall–Kier alpha value is -1.06. The summed E-state index contributed by atoms with van der Waals surface area (Å²) in [6.07, 6.45) is 3.29. The van der Waals surface area contributed by atoms with Crippen LogP contribution in [0, 0.1) is 12.8 Å². The first-order valence-corrected chi connectivity index (χ1v) is 7.96. The van der Waals surface area contributed by atoms with Crippen LogP contribution in [0.4, 0.5) is 0 Å². The minimum absolute atomic E-state index is 0.0701. The first-order valence-electron chi connectivity index (χ1n) is 7.58. The van der Waals surface area contributed by atoms with Gasteiger partial charge in [0.1, 0.15) is 0 Å². The molecule has 0 saturated carbocycles. The molecule has 0 amide bonds. The number of hydrogen-bond acceptors (Lipinski definition) is 3. The van der Waals surface area contributed by atoms with Crippen LogP contribution in [0.15, 0.2) is 18.2 Å². The monoisotopic (exact) mass is 307 g/mol. The number of nitrogens with zero attached hydrogens (tertiary/aromatic N) is 1. The molecule has 2 aliphatic rings. The van der Waals surface area contributed by atoms with Gasteiger partial charge in [0, 0.05) is 23.0 Å². The van der Waals surface area contributed by atoms with E-state index in [2.05, 4.69) is 24.1 Å². The summed E-state index contributed by atoms with van der Waals surface area (Å²) in [5.41, 5.74) is 2.29. The highest BCUT2D eigenvalue weighted by Crippen LogP contribution is 2.46. The van der Waals surface area contributed by atoms with Crippen molar-refractivity contribution in [1.82, 2.24) is 4.90 Å². The van der Waals surface area contributed by atoms with Crippen molar-refractivity contribution in [3.05, 3.63) is 34.3 Å². The average molecular weight is 308 g/mol. The molecule has 2 bridgehead atoms. The Labute approximate surface area is 131 Å². The Morgan fingerprint density at radius 3 is 2.81 bits per heavy atom. The number of ether oxygens (including phenoxy) is 1. The molecule has 2 aliphatic heterocycles. The van der Waals surface area contributed by atoms with E-state index >= 15 is 0 Å². The van der Waals surface area contributed by atoms with Gasteiger partial charge in [0.25, 0.3) is 0 Å². The van der Waals surface area contributed by atoms with Crippen LogP contribution in [0.2, 0.25) is 5.02 Å². The highest BCUT2D eigenvalue weighted by molar-refractivity contribution is 6.31. The van der Waals surface area contributed by atoms with Crippen LogP contribution in [0.25, 0.3) is 0 Å². The number of esters is 1. The number of rotatable bonds is 2. The van der Waals surface area contributed by atoms with Gasteiger partial charge in [-0.3, -0.25) is 9.69 Å². The van der Waals surface area contributed by atoms with Crippen molar-refractivity contribution in [1.29, 1.82) is 0 Å². The number of benzene rings is 1. The maximum absolute atomic E-state index is 12.4. The molecular formula is C17H22ClNO2. The van der Waals surface area contributed by atoms with E-state index in [1.807, 2.05) is 13.0 Å². The number of carbonyl (C=O) groups is 1. The van der Waals surface area contributed by atoms with Crippen LogP contribution in [0.5, 0.6) is 0 Å². The smallest absolute Gasteiger partial charge is 0.310 e. The molecule has 2 heterocycles. The summed E-state index contributed by atoms with van der Waals surface area (Å²) >= 11 is 6.14. The minimum atomic E-state index is -0.0789. The van der Waals surface area contributed by atoms with Crippen LogP contribution >= 0.6 is 11.6 Å². The van der Waals surface area contributed by atoms with E-state index in [-0.39, 0.29) is 17.8 Å². The lowest BCUT2D eigenvalue weighted by Crippen LogP contribution is -2.49. The Balaban J connectivity index is 1.98. The molecule has 3 nitrogen and oxygen atoms in total. The highest BCUT2D eigenvalue weighted by Gasteiger charge is 2.49. The van der Waals surface area contributed by atoms with Crippen molar-refractivity contribution < 1.29 is 9.53 Å². The fraction of sp³-hybridized carbons (Fsp3) is 0.588. The lowest BCUT2D eigenvalue weighted by molar-refractivity contribution is -0.150. The number of halogens is 1. The van der Waals surface area contributed by atoms with Gasteiger partial charge in [-0.1, -0.05) is 23.7 Å². The molecule has 0 spiro atoms. The third-order valence-corrected chi connectivity index (χ3v) is 5.78. The predicted octanol–water partition coefficient (Wildman–Crippen LogP) is 3.39. The molecule has 4 heteroatoms. The molecule has 0 aromatic heterocycles. The second kappa shape index (κ2) is 5.62. The van der Waals surface area contributed by atoms with E-state index in [0.717, 1.165) is 23.4 Å². The van der Waals surface area contributed by atoms with E-state index in [9.17, 15) is 4.79 Å². The zero-order valence-electron chi connectivity index (χ0n) is 12.8. The van der Waals surface area contributed by atoms with Crippen molar-refractivity contribution >= 4 is 17.6 Å². The SMILES string of the molecule is COC(=O)C1C(c2ccc(Cl)c(C)c2)C[C@H]2CC[C@@H]1N2C. The Morgan fingerprint density at radius 2 is 2.14 bits per heavy atom. The summed E-state index contributed by atoms with van der Waals surface area (Å²) < 4.78 is 5.10. The summed E-state index contributed by atoms with van der Waals surface area (Å²) in [4.78, 5) is 14.7. The summed E-state index contributed by atoms with van der Waals surface area (Å²) in [5.74, 6) is 0.0891. The highest BCUT2D eigenvalue weighted by atomic mass is 35.5. The number of fused-ring (bicyclic) bond motifs is 2. The van der Waals surface area contributed by atoms with Gasteiger partial charge in [-0.2, -0.15) is 0 Å². The first kappa shape index (κ1) is 14.9. The van der Waals surface area contributed by atoms with Crippen molar-refractivity contribution in [2.45, 2.75) is 44.2 Å². The lowest BCUT2D eigenvalue weighted by Gasteiger charge is -2.41. The summed E-state index contributed by atoms with van der Waals surface area (Å²) in [6, 6.07) is 7.03. The van der Waals surface area contributed by atoms with E-state index in [4.69, 9.17) is 16.3 Å². The fourth-order valence-electron chi connectivity index (χ4n) is 4.17. The molecule has 114 valence electrons. The zero-order chi connectivity index (χ0) is 15.1. The quantitative estimate of drug-likeness (QED) is 0.784. The Morgan fingerprint density at radius 1 is 1.38 bits per heavy atom. The van der Waals surface area contributed by atoms with Gasteiger partial charge in [0.2, 0.25) is 0 Å². The molecule has 2 fully saturated rings. The standard InChI is InChI=1S/C17H22ClNO2/c1-10-8-11(4-6-14(10)18)13-9-12-5-7-15(19(12)2)16(13)17(20)21-3/h4,6,8,12-13,15-16H,5,7,9H2,1-3H3/t12-,13?,15+,16?/m1/s1. The molecule has 0 aliphatic carbocycles. The Kier molecular flexibility index (Phi) is 3.98. The van der Waals surface area contributed by atoms with Crippen LogP contribution < -0.4 is 0 Å². The molecule has 2 unspecified atom stereocenters. The lowest BCUT2D eigenvalue weighted by atomic mass is 9.76. The van der Waals surface area contributed by atoms with E-state index in [1.165, 1.54) is 19.1 Å². The normalized spacial score (nSPS) is 32.2. The van der Waals surface area contributed by atoms with Crippen LogP contribution in [0.3, 0.4) is 0 Å². The predicted molar refractivity (Wildman–Crippen MR) is 83.6 cm³/mol. The number of methoxy groups -OCH3 is 1. The summed E-state index contributed by atoms with van der Waals surface area (Å²) in [6.45, 7) is 2.02. The van der Waals surface area contributed by atoms with Crippen molar-refractivity contribution in [2.24, 2.45) is 5.92 Å². The maximum atomic E-state index is 12.4. The van der Waals surface area contributed by atoms with Gasteiger partial charge in [-0.05, 0) is 50.4 Å². The second-order valence-electron chi connectivity index (χ2n) is 6.36. The summed E-state index contributed by atoms with van der Waals surface area (Å²) in [7, 11) is 3.63. The van der Waals surface area contributed by atoms with Crippen molar-refractivity contribution in [2.75, 3.05) is 14.2 Å². The molecule has 0 N–H and O–H groups in total. The van der Waals surface area contributed by atoms with E-state index < -0.39 is 0 Å². The molecule has 21 heavy (non-hydrogen) atoms. The van der Waals surface area contributed by atoms with E-state index in [0.29, 0.717) is 12.1 Å². The van der Waals surface area contributed by atoms with Crippen LogP contribution in [-0.4, -0.2) is 37.1 Å². The van der Waals surface area contributed by atoms with Gasteiger partial charge >= 0.3 is 5.97 Å². The third kappa shape index (κ3) is 2.47. The molecule has 1 aromatic carbocycles. The Bertz CT molecular complexity index is 560. The molecule has 3 rings (SSSR count). The van der Waals surface area contributed by atoms with Crippen LogP contribution in [0.1, 0.15) is 36.3 Å². The van der Waals surface area contributed by atoms with Crippen LogP contribution in [-0.2, 0) is 9.53 Å². The molecule has 1 aromatic rings. The second-order valence-corrected chi connectivity index (χ2v) is 6.77. The fourth-order valence-corrected chi connectivity index (χ4v) is 4.28. The molecule has 0 radical (unpaired) electrons. The number of piperidine rings is 1. The zero-order valence-corrected chi connectivity index (χ0v) is 13.6. The molecule has 2 saturated heterocycles. The largest absolute Gasteiger partial charge is 0.469 e. The topological polar surface area (TPSA) is 29.5 Å². The van der Waals surface area contributed by atoms with Gasteiger partial charge in [0.15, 0.2) is 0 Å². The van der Waals surface area contributed by atoms with Crippen molar-refractivity contribution in [3.63, 3.8) is 0 Å². The van der Waals surface area contributed by atoms with E-state index in [1.54, 1.807) is 0 Å². The first-order chi connectivity index (χ1) is 10.0. The number of aryl methyl sites for hydroxylation is 1. The number of carbonyl (C=O) groups excluding carboxylic acids is 1. The van der Waals surface area contributed by atoms with Crippen molar-refractivity contribution in [3.8, 4) is 0 Å². The number of hydrogen-bond donors (Lipinski definition) is 0. The molecular weight excluding hydrogens is 286 g/mol. The maximum Gasteiger partial charge on any atom is 0.310 e. The van der Waals surface area contributed by atoms with Gasteiger partial charge < -0.3 is 4.74 Å².